The van der Waals surface area contributed by atoms with Crippen LogP contribution in [0.2, 0.25) is 0 Å². The van der Waals surface area contributed by atoms with Crippen molar-refractivity contribution in [2.75, 3.05) is 7.11 Å². The summed E-state index contributed by atoms with van der Waals surface area (Å²) in [4.78, 5) is 0.962. The van der Waals surface area contributed by atoms with Crippen molar-refractivity contribution in [1.82, 2.24) is 4.72 Å². The average molecular weight is 304 g/mol. The molecule has 0 saturated heterocycles. The predicted octanol–water partition coefficient (Wildman–Crippen LogP) is 3.78. The molecular weight excluding hydrogens is 282 g/mol. The highest BCUT2D eigenvalue weighted by atomic mass is 32.2. The lowest BCUT2D eigenvalue weighted by Gasteiger charge is -2.12. The van der Waals surface area contributed by atoms with Crippen LogP contribution in [0.1, 0.15) is 22.3 Å². The highest BCUT2D eigenvalue weighted by molar-refractivity contribution is 7.89. The third kappa shape index (κ3) is 3.59. The van der Waals surface area contributed by atoms with Gasteiger partial charge in [0.2, 0.25) is 4.90 Å². The zero-order valence-corrected chi connectivity index (χ0v) is 13.8. The molecule has 1 atom stereocenters. The lowest BCUT2D eigenvalue weighted by Crippen LogP contribution is -2.25. The van der Waals surface area contributed by atoms with Crippen LogP contribution in [0.25, 0.3) is 0 Å². The van der Waals surface area contributed by atoms with Crippen LogP contribution in [-0.4, -0.2) is 11.7 Å². The van der Waals surface area contributed by atoms with Crippen LogP contribution in [0.4, 0.5) is 0 Å². The molecule has 0 amide bonds. The fourth-order valence-electron chi connectivity index (χ4n) is 2.35. The molecule has 2 rings (SSSR count). The molecule has 0 saturated carbocycles. The third-order valence-corrected chi connectivity index (χ3v) is 5.08. The van der Waals surface area contributed by atoms with E-state index in [4.69, 9.17) is 4.74 Å². The maximum absolute atomic E-state index is 10.5. The van der Waals surface area contributed by atoms with Gasteiger partial charge in [-0.15, -0.1) is 0 Å². The minimum atomic E-state index is -0.983. The minimum absolute atomic E-state index is 0.643. The van der Waals surface area contributed by atoms with Crippen molar-refractivity contribution in [3.05, 3.63) is 58.7 Å². The van der Waals surface area contributed by atoms with Crippen molar-refractivity contribution < 1.29 is 9.29 Å². The van der Waals surface area contributed by atoms with Crippen LogP contribution < -0.4 is 9.46 Å². The highest BCUT2D eigenvalue weighted by Gasteiger charge is 2.27. The number of hydrogen-bond donors (Lipinski definition) is 2. The monoisotopic (exact) mass is 304 g/mol. The third-order valence-electron chi connectivity index (χ3n) is 3.65. The van der Waals surface area contributed by atoms with E-state index in [0.717, 1.165) is 32.9 Å². The van der Waals surface area contributed by atoms with Crippen LogP contribution in [0.5, 0.6) is 5.75 Å². The largest absolute Gasteiger partial charge is 0.496 e. The Hall–Kier alpha value is -1.49. The summed E-state index contributed by atoms with van der Waals surface area (Å²) >= 11 is -0.983. The molecule has 1 unspecified atom stereocenters. The topological polar surface area (TPSA) is 41.5 Å². The normalized spacial score (nSPS) is 12.2. The van der Waals surface area contributed by atoms with Gasteiger partial charge in [0.15, 0.2) is 0 Å². The van der Waals surface area contributed by atoms with E-state index in [-0.39, 0.29) is 0 Å². The Morgan fingerprint density at radius 1 is 1.10 bits per heavy atom. The van der Waals surface area contributed by atoms with Gasteiger partial charge in [-0.1, -0.05) is 35.1 Å². The lowest BCUT2D eigenvalue weighted by molar-refractivity contribution is 0.410. The number of hydrogen-bond acceptors (Lipinski definition) is 3. The van der Waals surface area contributed by atoms with Gasteiger partial charge in [-0.3, -0.25) is 0 Å². The summed E-state index contributed by atoms with van der Waals surface area (Å²) < 4.78 is 19.1. The van der Waals surface area contributed by atoms with Crippen molar-refractivity contribution in [1.29, 1.82) is 0 Å². The summed E-state index contributed by atoms with van der Waals surface area (Å²) in [6.45, 7) is 6.70. The zero-order chi connectivity index (χ0) is 15.4. The van der Waals surface area contributed by atoms with E-state index in [1.54, 1.807) is 7.11 Å². The molecule has 0 heterocycles. The van der Waals surface area contributed by atoms with E-state index in [1.165, 1.54) is 0 Å². The van der Waals surface area contributed by atoms with Gasteiger partial charge < -0.3 is 4.74 Å². The molecule has 0 aromatic heterocycles. The van der Waals surface area contributed by atoms with E-state index in [2.05, 4.69) is 4.72 Å². The van der Waals surface area contributed by atoms with E-state index < -0.39 is 11.4 Å². The maximum atomic E-state index is 10.5. The van der Waals surface area contributed by atoms with Crippen molar-refractivity contribution in [3.63, 3.8) is 0 Å². The Morgan fingerprint density at radius 3 is 2.38 bits per heavy atom. The molecule has 0 bridgehead atoms. The molecule has 4 heteroatoms. The first kappa shape index (κ1) is 15.9. The second kappa shape index (κ2) is 6.98. The van der Waals surface area contributed by atoms with Crippen molar-refractivity contribution in [2.24, 2.45) is 0 Å². The Bertz CT molecular complexity index is 614. The lowest BCUT2D eigenvalue weighted by atomic mass is 10.1. The molecule has 2 N–H and O–H groups in total. The standard InChI is InChI=1S/C17H22NO2S/c1-12-10-16(20-4)13(2)14(3)17(12)21(19)18-11-15-8-6-5-7-9-15/h5-10,18-19H,11H2,1-4H3/q+1. The maximum Gasteiger partial charge on any atom is 0.276 e. The van der Waals surface area contributed by atoms with Gasteiger partial charge in [-0.05, 0) is 38.0 Å². The first-order chi connectivity index (χ1) is 10.0. The molecule has 0 aliphatic heterocycles. The van der Waals surface area contributed by atoms with Crippen LogP contribution in [0.15, 0.2) is 41.3 Å². The Balaban J connectivity index is 2.19. The van der Waals surface area contributed by atoms with Crippen molar-refractivity contribution in [3.8, 4) is 5.75 Å². The highest BCUT2D eigenvalue weighted by Crippen LogP contribution is 2.30. The molecule has 0 spiro atoms. The van der Waals surface area contributed by atoms with Gasteiger partial charge in [0.1, 0.15) is 5.75 Å². The van der Waals surface area contributed by atoms with Gasteiger partial charge >= 0.3 is 0 Å². The van der Waals surface area contributed by atoms with Crippen LogP contribution >= 0.6 is 0 Å². The average Bonchev–Trinajstić information content (AvgIpc) is 2.50. The van der Waals surface area contributed by atoms with Gasteiger partial charge in [-0.2, -0.15) is 4.55 Å². The molecule has 112 valence electrons. The number of rotatable bonds is 5. The zero-order valence-electron chi connectivity index (χ0n) is 12.9. The molecule has 2 aromatic carbocycles. The van der Waals surface area contributed by atoms with Crippen LogP contribution in [-0.2, 0) is 17.9 Å². The molecule has 0 radical (unpaired) electrons. The Morgan fingerprint density at radius 2 is 1.76 bits per heavy atom. The van der Waals surface area contributed by atoms with E-state index in [0.29, 0.717) is 6.54 Å². The molecule has 0 fully saturated rings. The Labute approximate surface area is 129 Å². The number of methoxy groups -OCH3 is 1. The first-order valence-corrected chi connectivity index (χ1v) is 8.08. The van der Waals surface area contributed by atoms with Crippen molar-refractivity contribution in [2.45, 2.75) is 32.2 Å². The fraction of sp³-hybridized carbons (Fsp3) is 0.294. The SMILES string of the molecule is COc1cc(C)c([S+](O)NCc2ccccc2)c(C)c1C. The van der Waals surface area contributed by atoms with Crippen molar-refractivity contribution >= 4 is 11.4 Å². The van der Waals surface area contributed by atoms with Gasteiger partial charge in [0.25, 0.3) is 11.4 Å². The second-order valence-electron chi connectivity index (χ2n) is 5.07. The van der Waals surface area contributed by atoms with Gasteiger partial charge in [0, 0.05) is 11.1 Å². The summed E-state index contributed by atoms with van der Waals surface area (Å²) in [6, 6.07) is 12.1. The number of ether oxygens (including phenoxy) is 1. The molecule has 21 heavy (non-hydrogen) atoms. The molecular formula is C17H22NO2S+. The summed E-state index contributed by atoms with van der Waals surface area (Å²) in [6.07, 6.45) is 0. The van der Waals surface area contributed by atoms with Gasteiger partial charge in [-0.25, -0.2) is 0 Å². The Kier molecular flexibility index (Phi) is 5.28. The molecule has 2 aromatic rings. The van der Waals surface area contributed by atoms with Crippen LogP contribution in [0.3, 0.4) is 0 Å². The summed E-state index contributed by atoms with van der Waals surface area (Å²) in [5, 5.41) is 0. The molecule has 3 nitrogen and oxygen atoms in total. The molecule has 0 aliphatic carbocycles. The minimum Gasteiger partial charge on any atom is -0.496 e. The fourth-order valence-corrected chi connectivity index (χ4v) is 3.61. The van der Waals surface area contributed by atoms with E-state index in [1.807, 2.05) is 57.2 Å². The number of aryl methyl sites for hydroxylation is 1. The van der Waals surface area contributed by atoms with Gasteiger partial charge in [0.05, 0.1) is 13.7 Å². The molecule has 0 aliphatic rings. The quantitative estimate of drug-likeness (QED) is 0.826. The summed E-state index contributed by atoms with van der Waals surface area (Å²) in [7, 11) is 1.67. The number of benzene rings is 2. The van der Waals surface area contributed by atoms with E-state index >= 15 is 0 Å². The van der Waals surface area contributed by atoms with E-state index in [9.17, 15) is 4.55 Å². The second-order valence-corrected chi connectivity index (χ2v) is 6.33. The first-order valence-electron chi connectivity index (χ1n) is 6.90. The summed E-state index contributed by atoms with van der Waals surface area (Å²) in [5.74, 6) is 0.869. The smallest absolute Gasteiger partial charge is 0.276 e. The number of nitrogens with one attached hydrogen (secondary N) is 1. The summed E-state index contributed by atoms with van der Waals surface area (Å²) in [5.41, 5.74) is 4.36. The van der Waals surface area contributed by atoms with Crippen LogP contribution in [0, 0.1) is 20.8 Å². The predicted molar refractivity (Wildman–Crippen MR) is 88.7 cm³/mol.